The van der Waals surface area contributed by atoms with Crippen LogP contribution in [0.1, 0.15) is 0 Å². The highest BCUT2D eigenvalue weighted by Gasteiger charge is 2.29. The molecule has 0 fully saturated rings. The molecule has 0 bridgehead atoms. The first-order valence-electron chi connectivity index (χ1n) is 23.3. The quantitative estimate of drug-likeness (QED) is 0.120. The van der Waals surface area contributed by atoms with Crippen molar-refractivity contribution in [2.45, 2.75) is 0 Å². The largest absolute Gasteiger partial charge is 0.0616 e. The van der Waals surface area contributed by atoms with Gasteiger partial charge in [0.2, 0.25) is 0 Å². The molecule has 16 aromatic carbocycles. The highest BCUT2D eigenvalue weighted by atomic mass is 14.3. The van der Waals surface area contributed by atoms with Crippen LogP contribution in [-0.2, 0) is 0 Å². The lowest BCUT2D eigenvalue weighted by Crippen LogP contribution is -1.91. The molecule has 0 saturated carbocycles. The highest BCUT2D eigenvalue weighted by Crippen LogP contribution is 2.58. The molecule has 0 amide bonds. The first-order chi connectivity index (χ1) is 32.8. The Morgan fingerprint density at radius 1 is 0.152 bits per heavy atom. The number of benzene rings is 14. The molecule has 0 aliphatic heterocycles. The van der Waals surface area contributed by atoms with Crippen LogP contribution in [0, 0.1) is 0 Å². The molecule has 66 heavy (non-hydrogen) atoms. The van der Waals surface area contributed by atoms with E-state index < -0.39 is 0 Å². The molecule has 298 valence electrons. The summed E-state index contributed by atoms with van der Waals surface area (Å²) in [6.45, 7) is 0. The van der Waals surface area contributed by atoms with E-state index in [1.54, 1.807) is 0 Å². The Morgan fingerprint density at radius 3 is 1.03 bits per heavy atom. The van der Waals surface area contributed by atoms with Gasteiger partial charge in [-0.25, -0.2) is 0 Å². The summed E-state index contributed by atoms with van der Waals surface area (Å²) in [5, 5.41) is 31.7. The maximum Gasteiger partial charge on any atom is -0.000718 e. The maximum absolute atomic E-state index is 2.57. The molecule has 1 aliphatic carbocycles. The Labute approximate surface area is 378 Å². The Morgan fingerprint density at radius 2 is 0.500 bits per heavy atom. The average molecular weight is 827 g/mol. The van der Waals surface area contributed by atoms with Crippen molar-refractivity contribution in [2.75, 3.05) is 0 Å². The molecule has 17 rings (SSSR count). The number of hydrogen-bond acceptors (Lipinski definition) is 0. The molecule has 0 nitrogen and oxygen atoms in total. The van der Waals surface area contributed by atoms with Crippen LogP contribution in [0.25, 0.3) is 174 Å². The molecule has 0 N–H and O–H groups in total. The first-order valence-corrected chi connectivity index (χ1v) is 23.3. The van der Waals surface area contributed by atoms with Gasteiger partial charge < -0.3 is 0 Å². The lowest BCUT2D eigenvalue weighted by Gasteiger charge is -2.19. The third-order valence-electron chi connectivity index (χ3n) is 16.0. The minimum atomic E-state index is 1.25. The van der Waals surface area contributed by atoms with Gasteiger partial charge in [-0.15, -0.1) is 0 Å². The van der Waals surface area contributed by atoms with Crippen molar-refractivity contribution >= 4 is 129 Å². The Bertz CT molecular complexity index is 4550. The van der Waals surface area contributed by atoms with Gasteiger partial charge in [-0.2, -0.15) is 0 Å². The summed E-state index contributed by atoms with van der Waals surface area (Å²) in [5.41, 5.74) is 10.6. The topological polar surface area (TPSA) is 0 Å². The molecule has 0 radical (unpaired) electrons. The van der Waals surface area contributed by atoms with Crippen LogP contribution in [-0.4, -0.2) is 0 Å². The van der Waals surface area contributed by atoms with Crippen molar-refractivity contribution in [3.8, 4) is 44.5 Å². The third-order valence-corrected chi connectivity index (χ3v) is 16.0. The van der Waals surface area contributed by atoms with E-state index in [-0.39, 0.29) is 0 Å². The smallest absolute Gasteiger partial charge is 0.000718 e. The zero-order chi connectivity index (χ0) is 42.5. The Balaban J connectivity index is 1.15. The molecule has 0 saturated heterocycles. The summed E-state index contributed by atoms with van der Waals surface area (Å²) in [7, 11) is 0. The molecular weight excluding hydrogens is 793 g/mol. The number of hydrogen-bond donors (Lipinski definition) is 0. The van der Waals surface area contributed by atoms with E-state index in [0.717, 1.165) is 0 Å². The molecule has 1 aliphatic rings. The molecule has 0 heteroatoms. The maximum atomic E-state index is 2.57. The fourth-order valence-corrected chi connectivity index (χ4v) is 13.5. The van der Waals surface area contributed by atoms with E-state index in [9.17, 15) is 0 Å². The Hall–Kier alpha value is -8.58. The van der Waals surface area contributed by atoms with Gasteiger partial charge in [-0.05, 0) is 186 Å². The fraction of sp³-hybridized carbons (Fsp3) is 0. The SMILES string of the molecule is c1ccc2c(c1)-c1ccc3c4ccc5c6c(-c7cccc8ccccc78)c7cc8c(cc7c(-c7cccc9ccccc79)c6c6ccc(c7ccc-2c1c37)c4c56)c1cccc2cccc8c21. The van der Waals surface area contributed by atoms with Gasteiger partial charge in [0.15, 0.2) is 0 Å². The molecule has 0 heterocycles. The standard InChI is InChI=1S/C66H34/c1-3-17-38-35(11-1)13-7-21-42(38)62-56-33-54-44-23-9-15-37-16-10-24-45(58(37)44)55(54)34-57(56)63(43-22-8-14-36-12-2-4-18-39(36)43)66-53-32-30-51-49-28-26-47-41-20-6-5-19-40(41)46-25-27-48(60(49)59(46)47)50-29-31-52(65(62)66)64(53)61(50)51/h1-34H. The summed E-state index contributed by atoms with van der Waals surface area (Å²) in [6, 6.07) is 79.0. The lowest BCUT2D eigenvalue weighted by molar-refractivity contribution is 1.70. The summed E-state index contributed by atoms with van der Waals surface area (Å²) in [4.78, 5) is 0. The van der Waals surface area contributed by atoms with Crippen LogP contribution < -0.4 is 0 Å². The summed E-state index contributed by atoms with van der Waals surface area (Å²) in [5.74, 6) is 0. The van der Waals surface area contributed by atoms with E-state index in [1.165, 1.54) is 174 Å². The molecule has 0 spiro atoms. The normalized spacial score (nSPS) is 12.8. The monoisotopic (exact) mass is 826 g/mol. The van der Waals surface area contributed by atoms with E-state index in [1.807, 2.05) is 0 Å². The van der Waals surface area contributed by atoms with Crippen LogP contribution >= 0.6 is 0 Å². The minimum Gasteiger partial charge on any atom is -0.0616 e. The minimum absolute atomic E-state index is 1.25. The fourth-order valence-electron chi connectivity index (χ4n) is 13.5. The lowest BCUT2D eigenvalue weighted by atomic mass is 9.83. The second kappa shape index (κ2) is 11.8. The van der Waals surface area contributed by atoms with Crippen molar-refractivity contribution < 1.29 is 0 Å². The van der Waals surface area contributed by atoms with Gasteiger partial charge in [-0.3, -0.25) is 0 Å². The van der Waals surface area contributed by atoms with Gasteiger partial charge >= 0.3 is 0 Å². The number of rotatable bonds is 2. The van der Waals surface area contributed by atoms with Crippen LogP contribution in [0.3, 0.4) is 0 Å². The molecule has 0 aromatic heterocycles. The van der Waals surface area contributed by atoms with Crippen molar-refractivity contribution in [3.05, 3.63) is 206 Å². The highest BCUT2D eigenvalue weighted by molar-refractivity contribution is 6.48. The molecule has 16 aromatic rings. The summed E-state index contributed by atoms with van der Waals surface area (Å²) in [6.07, 6.45) is 0. The van der Waals surface area contributed by atoms with Crippen LogP contribution in [0.4, 0.5) is 0 Å². The van der Waals surface area contributed by atoms with Gasteiger partial charge in [0, 0.05) is 0 Å². The van der Waals surface area contributed by atoms with Gasteiger partial charge in [0.05, 0.1) is 0 Å². The number of fused-ring (bicyclic) bond motifs is 14. The van der Waals surface area contributed by atoms with Crippen molar-refractivity contribution in [1.82, 2.24) is 0 Å². The first kappa shape index (κ1) is 33.9. The summed E-state index contributed by atoms with van der Waals surface area (Å²) >= 11 is 0. The van der Waals surface area contributed by atoms with Crippen molar-refractivity contribution in [1.29, 1.82) is 0 Å². The molecule has 0 unspecified atom stereocenters. The molecular formula is C66H34. The third kappa shape index (κ3) is 3.93. The molecule has 0 atom stereocenters. The van der Waals surface area contributed by atoms with Crippen molar-refractivity contribution in [2.24, 2.45) is 0 Å². The van der Waals surface area contributed by atoms with E-state index in [2.05, 4.69) is 206 Å². The predicted molar refractivity (Wildman–Crippen MR) is 285 cm³/mol. The van der Waals surface area contributed by atoms with Crippen LogP contribution in [0.2, 0.25) is 0 Å². The second-order valence-electron chi connectivity index (χ2n) is 18.9. The average Bonchev–Trinajstić information content (AvgIpc) is 4.01. The van der Waals surface area contributed by atoms with Gasteiger partial charge in [0.1, 0.15) is 0 Å². The van der Waals surface area contributed by atoms with Crippen LogP contribution in [0.5, 0.6) is 0 Å². The zero-order valence-corrected chi connectivity index (χ0v) is 35.6. The van der Waals surface area contributed by atoms with Gasteiger partial charge in [-0.1, -0.05) is 194 Å². The van der Waals surface area contributed by atoms with E-state index in [4.69, 9.17) is 0 Å². The summed E-state index contributed by atoms with van der Waals surface area (Å²) < 4.78 is 0. The zero-order valence-electron chi connectivity index (χ0n) is 35.6. The van der Waals surface area contributed by atoms with E-state index >= 15 is 0 Å². The predicted octanol–water partition coefficient (Wildman–Crippen LogP) is 18.8. The van der Waals surface area contributed by atoms with E-state index in [0.29, 0.717) is 0 Å². The van der Waals surface area contributed by atoms with Crippen molar-refractivity contribution in [3.63, 3.8) is 0 Å². The van der Waals surface area contributed by atoms with Crippen LogP contribution in [0.15, 0.2) is 206 Å². The second-order valence-corrected chi connectivity index (χ2v) is 18.9. The van der Waals surface area contributed by atoms with Gasteiger partial charge in [0.25, 0.3) is 0 Å². The Kier molecular flexibility index (Phi) is 6.04.